The van der Waals surface area contributed by atoms with Crippen molar-refractivity contribution in [3.05, 3.63) is 58.0 Å². The van der Waals surface area contributed by atoms with Crippen molar-refractivity contribution in [2.45, 2.75) is 33.1 Å². The Bertz CT molecular complexity index is 1030. The highest BCUT2D eigenvalue weighted by Gasteiger charge is 2.20. The number of rotatable bonds is 5. The van der Waals surface area contributed by atoms with Gasteiger partial charge in [0.05, 0.1) is 0 Å². The summed E-state index contributed by atoms with van der Waals surface area (Å²) in [7, 11) is 0. The zero-order valence-corrected chi connectivity index (χ0v) is 17.0. The van der Waals surface area contributed by atoms with E-state index in [0.29, 0.717) is 17.2 Å². The van der Waals surface area contributed by atoms with E-state index in [9.17, 15) is 4.79 Å². The Balaban J connectivity index is 1.38. The first-order valence-corrected chi connectivity index (χ1v) is 10.1. The largest absolute Gasteiger partial charge is 0.371 e. The molecule has 3 aromatic rings. The summed E-state index contributed by atoms with van der Waals surface area (Å²) in [6, 6.07) is 10.5. The van der Waals surface area contributed by atoms with Crippen LogP contribution in [0.25, 0.3) is 5.65 Å². The quantitative estimate of drug-likeness (QED) is 0.668. The van der Waals surface area contributed by atoms with Gasteiger partial charge in [-0.15, -0.1) is 0 Å². The van der Waals surface area contributed by atoms with E-state index in [2.05, 4.69) is 44.6 Å². The zero-order chi connectivity index (χ0) is 19.7. The second kappa shape index (κ2) is 7.80. The van der Waals surface area contributed by atoms with Gasteiger partial charge in [0.25, 0.3) is 5.91 Å². The molecule has 1 aromatic carbocycles. The number of amides is 1. The van der Waals surface area contributed by atoms with Gasteiger partial charge in [0.1, 0.15) is 5.02 Å². The predicted molar refractivity (Wildman–Crippen MR) is 111 cm³/mol. The smallest absolute Gasteiger partial charge is 0.273 e. The summed E-state index contributed by atoms with van der Waals surface area (Å²) in [4.78, 5) is 19.4. The molecule has 0 unspecified atom stereocenters. The molecule has 7 heteroatoms. The number of para-hydroxylation sites is 1. The fraction of sp³-hybridized carbons (Fsp3) is 0.381. The number of benzene rings is 1. The number of anilines is 1. The monoisotopic (exact) mass is 397 g/mol. The molecule has 0 saturated heterocycles. The van der Waals surface area contributed by atoms with Gasteiger partial charge in [-0.05, 0) is 50.8 Å². The van der Waals surface area contributed by atoms with Gasteiger partial charge < -0.3 is 10.2 Å². The summed E-state index contributed by atoms with van der Waals surface area (Å²) >= 11 is 6.37. The van der Waals surface area contributed by atoms with Gasteiger partial charge in [0.15, 0.2) is 11.3 Å². The Hall–Kier alpha value is -2.60. The first-order chi connectivity index (χ1) is 13.5. The third-order valence-electron chi connectivity index (χ3n) is 5.15. The maximum atomic E-state index is 12.6. The van der Waals surface area contributed by atoms with Crippen molar-refractivity contribution in [1.29, 1.82) is 0 Å². The number of carbonyl (C=O) groups excluding carboxylic acids is 1. The first-order valence-electron chi connectivity index (χ1n) is 9.68. The lowest BCUT2D eigenvalue weighted by Gasteiger charge is -2.31. The number of nitrogens with zero attached hydrogens (tertiary/aromatic N) is 4. The highest BCUT2D eigenvalue weighted by Crippen LogP contribution is 2.26. The van der Waals surface area contributed by atoms with E-state index < -0.39 is 0 Å². The van der Waals surface area contributed by atoms with Crippen LogP contribution in [0.4, 0.5) is 5.69 Å². The zero-order valence-electron chi connectivity index (χ0n) is 16.2. The van der Waals surface area contributed by atoms with Crippen molar-refractivity contribution in [1.82, 2.24) is 19.9 Å². The van der Waals surface area contributed by atoms with Gasteiger partial charge in [0, 0.05) is 36.7 Å². The molecule has 28 heavy (non-hydrogen) atoms. The van der Waals surface area contributed by atoms with Crippen molar-refractivity contribution in [3.8, 4) is 0 Å². The van der Waals surface area contributed by atoms with E-state index in [1.165, 1.54) is 17.7 Å². The van der Waals surface area contributed by atoms with Crippen LogP contribution in [0.5, 0.6) is 0 Å². The highest BCUT2D eigenvalue weighted by molar-refractivity contribution is 6.36. The molecular formula is C21H24ClN5O. The van der Waals surface area contributed by atoms with Crippen molar-refractivity contribution in [3.63, 3.8) is 0 Å². The fourth-order valence-corrected chi connectivity index (χ4v) is 4.09. The number of halogens is 1. The molecule has 1 aliphatic rings. The average molecular weight is 398 g/mol. The number of hydrogen-bond donors (Lipinski definition) is 1. The Morgan fingerprint density at radius 2 is 2.11 bits per heavy atom. The van der Waals surface area contributed by atoms with Crippen molar-refractivity contribution in [2.24, 2.45) is 0 Å². The van der Waals surface area contributed by atoms with Crippen LogP contribution in [0, 0.1) is 13.8 Å². The fourth-order valence-electron chi connectivity index (χ4n) is 3.84. The molecule has 2 aromatic heterocycles. The van der Waals surface area contributed by atoms with Gasteiger partial charge in [0.2, 0.25) is 0 Å². The Labute approximate surface area is 169 Å². The van der Waals surface area contributed by atoms with Crippen LogP contribution >= 0.6 is 11.6 Å². The third kappa shape index (κ3) is 3.56. The lowest BCUT2D eigenvalue weighted by atomic mass is 10.0. The molecular weight excluding hydrogens is 374 g/mol. The number of fused-ring (bicyclic) bond motifs is 2. The van der Waals surface area contributed by atoms with Gasteiger partial charge >= 0.3 is 0 Å². The van der Waals surface area contributed by atoms with E-state index in [-0.39, 0.29) is 11.6 Å². The predicted octanol–water partition coefficient (Wildman–Crippen LogP) is 3.57. The van der Waals surface area contributed by atoms with Crippen LogP contribution in [-0.4, -0.2) is 40.1 Å². The Morgan fingerprint density at radius 3 is 2.96 bits per heavy atom. The summed E-state index contributed by atoms with van der Waals surface area (Å²) in [5.74, 6) is -0.258. The minimum absolute atomic E-state index is 0.228. The lowest BCUT2D eigenvalue weighted by molar-refractivity contribution is 0.0948. The van der Waals surface area contributed by atoms with Crippen molar-refractivity contribution in [2.75, 3.05) is 24.5 Å². The van der Waals surface area contributed by atoms with E-state index in [4.69, 9.17) is 11.6 Å². The summed E-state index contributed by atoms with van der Waals surface area (Å²) in [6.07, 6.45) is 3.18. The number of aromatic nitrogens is 3. The van der Waals surface area contributed by atoms with Gasteiger partial charge in [-0.1, -0.05) is 29.8 Å². The molecule has 146 valence electrons. The molecule has 4 rings (SSSR count). The first kappa shape index (κ1) is 18.7. The van der Waals surface area contributed by atoms with E-state index in [1.807, 2.05) is 19.9 Å². The molecule has 3 heterocycles. The molecule has 6 nitrogen and oxygen atoms in total. The Morgan fingerprint density at radius 1 is 1.29 bits per heavy atom. The number of hydrogen-bond acceptors (Lipinski definition) is 4. The topological polar surface area (TPSA) is 62.5 Å². The Kier molecular flexibility index (Phi) is 5.22. The molecule has 0 spiro atoms. The lowest BCUT2D eigenvalue weighted by Crippen LogP contribution is -2.33. The van der Waals surface area contributed by atoms with Crippen molar-refractivity contribution >= 4 is 28.8 Å². The summed E-state index contributed by atoms with van der Waals surface area (Å²) in [5, 5.41) is 7.60. The molecule has 0 atom stereocenters. The SMILES string of the molecule is Cc1cc(C)n2nc(C(=O)NCCCN3CCCc4ccccc43)c(Cl)c2n1. The van der Waals surface area contributed by atoms with Crippen molar-refractivity contribution < 1.29 is 4.79 Å². The van der Waals surface area contributed by atoms with Gasteiger partial charge in [-0.25, -0.2) is 9.50 Å². The summed E-state index contributed by atoms with van der Waals surface area (Å²) < 4.78 is 1.62. The standard InChI is InChI=1S/C21H24ClN5O/c1-14-13-15(2)27-20(24-14)18(22)19(25-27)21(28)23-10-6-12-26-11-5-8-16-7-3-4-9-17(16)26/h3-4,7,9,13H,5-6,8,10-12H2,1-2H3,(H,23,28). The van der Waals surface area contributed by atoms with E-state index >= 15 is 0 Å². The molecule has 0 saturated carbocycles. The molecule has 1 amide bonds. The van der Waals surface area contributed by atoms with Crippen LogP contribution in [-0.2, 0) is 6.42 Å². The van der Waals surface area contributed by atoms with E-state index in [1.54, 1.807) is 4.52 Å². The molecule has 1 aliphatic heterocycles. The number of nitrogens with one attached hydrogen (secondary N) is 1. The maximum absolute atomic E-state index is 12.6. The number of carbonyl (C=O) groups is 1. The summed E-state index contributed by atoms with van der Waals surface area (Å²) in [6.45, 7) is 6.37. The molecule has 0 bridgehead atoms. The van der Waals surface area contributed by atoms with Crippen LogP contribution in [0.2, 0.25) is 5.02 Å². The third-order valence-corrected chi connectivity index (χ3v) is 5.50. The molecule has 0 fully saturated rings. The van der Waals surface area contributed by atoms with Crippen LogP contribution in [0.1, 0.15) is 40.3 Å². The van der Waals surface area contributed by atoms with Gasteiger partial charge in [-0.2, -0.15) is 5.10 Å². The normalized spacial score (nSPS) is 13.6. The molecule has 0 radical (unpaired) electrons. The summed E-state index contributed by atoms with van der Waals surface area (Å²) in [5.41, 5.74) is 5.22. The van der Waals surface area contributed by atoms with Crippen LogP contribution < -0.4 is 10.2 Å². The molecule has 1 N–H and O–H groups in total. The highest BCUT2D eigenvalue weighted by atomic mass is 35.5. The minimum atomic E-state index is -0.258. The minimum Gasteiger partial charge on any atom is -0.371 e. The van der Waals surface area contributed by atoms with Crippen LogP contribution in [0.3, 0.4) is 0 Å². The average Bonchev–Trinajstić information content (AvgIpc) is 3.02. The second-order valence-electron chi connectivity index (χ2n) is 7.27. The maximum Gasteiger partial charge on any atom is 0.273 e. The van der Waals surface area contributed by atoms with Gasteiger partial charge in [-0.3, -0.25) is 4.79 Å². The second-order valence-corrected chi connectivity index (χ2v) is 7.64. The van der Waals surface area contributed by atoms with Crippen LogP contribution in [0.15, 0.2) is 30.3 Å². The number of aryl methyl sites for hydroxylation is 3. The molecule has 0 aliphatic carbocycles. The van der Waals surface area contributed by atoms with E-state index in [0.717, 1.165) is 37.3 Å².